The van der Waals surface area contributed by atoms with Gasteiger partial charge in [0.25, 0.3) is 11.8 Å². The molecule has 20 heteroatoms. The molecule has 1 aromatic carbocycles. The molecule has 73 heavy (non-hydrogen) atoms. The van der Waals surface area contributed by atoms with Crippen LogP contribution < -0.4 is 25.6 Å². The summed E-state index contributed by atoms with van der Waals surface area (Å²) in [6.07, 6.45) is 5.78. The molecule has 4 N–H and O–H groups in total. The summed E-state index contributed by atoms with van der Waals surface area (Å²) < 4.78 is 35.9. The van der Waals surface area contributed by atoms with Crippen molar-refractivity contribution in [2.75, 3.05) is 52.4 Å². The van der Waals surface area contributed by atoms with E-state index < -0.39 is 88.4 Å². The van der Waals surface area contributed by atoms with E-state index in [1.54, 1.807) is 32.2 Å². The Balaban J connectivity index is 1.06. The molecule has 6 amide bonds. The second-order valence-electron chi connectivity index (χ2n) is 21.8. The summed E-state index contributed by atoms with van der Waals surface area (Å²) in [6, 6.07) is 3.61. The number of nitrogens with one attached hydrogen (secondary N) is 3. The Hall–Kier alpha value is -5.34. The smallest absolute Gasteiger partial charge is 0.409 e. The first-order valence-electron chi connectivity index (χ1n) is 25.1. The minimum atomic E-state index is -1.84. The summed E-state index contributed by atoms with van der Waals surface area (Å²) in [5, 5.41) is 20.5. The fraction of sp³-hybridized carbons (Fsp3) is 0.642. The van der Waals surface area contributed by atoms with Gasteiger partial charge in [-0.2, -0.15) is 0 Å². The molecule has 7 atom stereocenters. The van der Waals surface area contributed by atoms with E-state index >= 15 is 0 Å². The third-order valence-corrected chi connectivity index (χ3v) is 15.0. The van der Waals surface area contributed by atoms with E-state index in [9.17, 15) is 38.7 Å². The number of halogens is 1. The van der Waals surface area contributed by atoms with Gasteiger partial charge in [-0.1, -0.05) is 56.2 Å². The molecule has 6 rings (SSSR count). The fourth-order valence-corrected chi connectivity index (χ4v) is 10.2. The number of alkyl carbamates (subject to hydrolysis) is 1. The number of nitrogens with zero attached hydrogens (tertiary/aromatic N) is 2. The predicted molar refractivity (Wildman–Crippen MR) is 269 cm³/mol. The highest BCUT2D eigenvalue weighted by atomic mass is 35.5. The number of anilines is 1. The lowest BCUT2D eigenvalue weighted by Crippen LogP contribution is -2.63. The molecule has 0 radical (unpaired) electrons. The van der Waals surface area contributed by atoms with Gasteiger partial charge in [-0.05, 0) is 83.4 Å². The van der Waals surface area contributed by atoms with Gasteiger partial charge >= 0.3 is 12.1 Å². The highest BCUT2D eigenvalue weighted by Gasteiger charge is 2.64. The van der Waals surface area contributed by atoms with Crippen LogP contribution in [-0.4, -0.2) is 140 Å². The number of carbonyl (C=O) groups excluding carboxylic acids is 7. The maximum atomic E-state index is 14.4. The van der Waals surface area contributed by atoms with E-state index in [1.807, 2.05) is 53.7 Å². The molecule has 0 spiro atoms. The number of hydrogen-bond acceptors (Lipinski definition) is 14. The van der Waals surface area contributed by atoms with Crippen LogP contribution in [0.4, 0.5) is 10.5 Å². The monoisotopic (exact) mass is 1040 g/mol. The zero-order valence-electron chi connectivity index (χ0n) is 43.8. The van der Waals surface area contributed by atoms with Crippen LogP contribution in [0.1, 0.15) is 105 Å². The second kappa shape index (κ2) is 23.5. The van der Waals surface area contributed by atoms with E-state index in [0.29, 0.717) is 50.1 Å². The number of fused-ring (bicyclic) bond motifs is 5. The SMILES string of the molecule is COc1cc2cc(c1Cl)N(C)C(=O)C[C@H](OC(=O)C1CCC(CNC(=O)CC(C)(C)OCC(C)(C)CNC(=O)CCN3C(=O)C=CC3=O)CC1)[C@@]1(C)O[C@H]1[C@H](C)[C@@H]1C[C@@](O)(NC(=O)O1)C(OC)/C=C/C=C(\C)C2. The number of ether oxygens (including phenoxy) is 6. The van der Waals surface area contributed by atoms with Gasteiger partial charge in [-0.15, -0.1) is 0 Å². The van der Waals surface area contributed by atoms with E-state index in [1.165, 1.54) is 31.3 Å². The largest absolute Gasteiger partial charge is 0.495 e. The van der Waals surface area contributed by atoms with Gasteiger partial charge in [0, 0.05) is 70.1 Å². The summed E-state index contributed by atoms with van der Waals surface area (Å²) in [5.41, 5.74) is -2.19. The lowest BCUT2D eigenvalue weighted by atomic mass is 9.81. The summed E-state index contributed by atoms with van der Waals surface area (Å²) >= 11 is 6.84. The minimum absolute atomic E-state index is 0.00496. The number of esters is 1. The molecule has 402 valence electrons. The van der Waals surface area contributed by atoms with Crippen molar-refractivity contribution >= 4 is 58.9 Å². The number of amides is 6. The molecule has 0 aromatic heterocycles. The lowest BCUT2D eigenvalue weighted by Gasteiger charge is -2.42. The zero-order chi connectivity index (χ0) is 53.6. The molecule has 2 saturated heterocycles. The number of carbonyl (C=O) groups is 7. The number of rotatable bonds is 16. The Bertz CT molecular complexity index is 2340. The third kappa shape index (κ3) is 14.5. The Morgan fingerprint density at radius 2 is 1.68 bits per heavy atom. The molecule has 4 bridgehead atoms. The van der Waals surface area contributed by atoms with E-state index in [2.05, 4.69) is 16.0 Å². The lowest BCUT2D eigenvalue weighted by molar-refractivity contribution is -0.160. The maximum absolute atomic E-state index is 14.4. The second-order valence-corrected chi connectivity index (χ2v) is 22.2. The highest BCUT2D eigenvalue weighted by molar-refractivity contribution is 6.35. The van der Waals surface area contributed by atoms with Gasteiger partial charge in [0.1, 0.15) is 34.7 Å². The number of imide groups is 1. The van der Waals surface area contributed by atoms with Crippen molar-refractivity contribution in [3.05, 3.63) is 58.7 Å². The quantitative estimate of drug-likeness (QED) is 0.0942. The molecule has 1 unspecified atom stereocenters. The summed E-state index contributed by atoms with van der Waals surface area (Å²) in [7, 11) is 4.53. The molecule has 1 saturated carbocycles. The highest BCUT2D eigenvalue weighted by Crippen LogP contribution is 2.49. The summed E-state index contributed by atoms with van der Waals surface area (Å²) in [5.74, 6) is -2.75. The Morgan fingerprint density at radius 1 is 1.00 bits per heavy atom. The predicted octanol–water partition coefficient (Wildman–Crippen LogP) is 5.23. The Labute approximate surface area is 433 Å². The molecule has 1 aromatic rings. The minimum Gasteiger partial charge on any atom is -0.495 e. The first-order chi connectivity index (χ1) is 34.3. The van der Waals surface area contributed by atoms with Gasteiger partial charge in [0.2, 0.25) is 17.7 Å². The number of benzene rings is 1. The van der Waals surface area contributed by atoms with E-state index in [0.717, 1.165) is 16.0 Å². The summed E-state index contributed by atoms with van der Waals surface area (Å²) in [6.45, 7) is 14.0. The standard InChI is InChI=1S/C53H74ClN5O14/c1-31-12-11-13-39(69-10)53(67)26-38(71-49(66)57-53)32(2)47-52(7,73-47)40(25-45(64)58(8)36-23-34(22-31)24-37(68-9)46(36)54)72-48(65)35-16-14-33(15-17-35)28-55-42(61)27-51(5,6)70-30-50(3,4)29-56-41(60)20-21-59-43(62)18-19-44(59)63/h11-13,18-19,23-24,32-33,35,38-40,47,67H,14-17,20-22,25-30H2,1-10H3,(H,55,61)(H,56,60)(H,57,66)/b13-11+,31-12+/t32-,33?,35?,38+,39?,40+,47+,52-,53+/m1/s1. The first-order valence-corrected chi connectivity index (χ1v) is 25.4. The van der Waals surface area contributed by atoms with Crippen LogP contribution in [-0.2, 0) is 58.9 Å². The van der Waals surface area contributed by atoms with Crippen LogP contribution in [0.3, 0.4) is 0 Å². The van der Waals surface area contributed by atoms with Gasteiger partial charge < -0.3 is 49.1 Å². The van der Waals surface area contributed by atoms with Gasteiger partial charge in [-0.25, -0.2) is 4.79 Å². The van der Waals surface area contributed by atoms with Crippen LogP contribution in [0, 0.1) is 23.2 Å². The van der Waals surface area contributed by atoms with Gasteiger partial charge in [-0.3, -0.25) is 39.0 Å². The molecular weight excluding hydrogens is 966 g/mol. The average molecular weight is 1040 g/mol. The molecule has 4 aliphatic heterocycles. The molecule has 1 aliphatic carbocycles. The number of allylic oxidation sites excluding steroid dienone is 3. The normalized spacial score (nSPS) is 30.1. The number of hydrogen-bond donors (Lipinski definition) is 4. The van der Waals surface area contributed by atoms with Crippen molar-refractivity contribution in [1.29, 1.82) is 0 Å². The number of aliphatic hydroxyl groups is 1. The van der Waals surface area contributed by atoms with Crippen molar-refractivity contribution in [2.24, 2.45) is 23.2 Å². The van der Waals surface area contributed by atoms with Gasteiger partial charge in [0.15, 0.2) is 5.72 Å². The van der Waals surface area contributed by atoms with Crippen molar-refractivity contribution in [3.63, 3.8) is 0 Å². The number of epoxide rings is 1. The van der Waals surface area contributed by atoms with E-state index in [-0.39, 0.29) is 68.1 Å². The van der Waals surface area contributed by atoms with Crippen molar-refractivity contribution in [3.8, 4) is 5.75 Å². The van der Waals surface area contributed by atoms with Crippen LogP contribution in [0.5, 0.6) is 5.75 Å². The van der Waals surface area contributed by atoms with E-state index in [4.69, 9.17) is 40.0 Å². The maximum Gasteiger partial charge on any atom is 0.409 e. The van der Waals surface area contributed by atoms with Crippen LogP contribution >= 0.6 is 11.6 Å². The summed E-state index contributed by atoms with van der Waals surface area (Å²) in [4.78, 5) is 93.2. The molecule has 3 fully saturated rings. The topological polar surface area (TPSA) is 241 Å². The first kappa shape index (κ1) is 56.9. The zero-order valence-corrected chi connectivity index (χ0v) is 44.6. The third-order valence-electron chi connectivity index (χ3n) is 14.6. The number of methoxy groups -OCH3 is 2. The Morgan fingerprint density at radius 3 is 2.34 bits per heavy atom. The molecule has 19 nitrogen and oxygen atoms in total. The van der Waals surface area contributed by atoms with Crippen molar-refractivity contribution in [2.45, 2.75) is 148 Å². The molecule has 5 aliphatic rings. The Kier molecular flexibility index (Phi) is 18.3. The fourth-order valence-electron chi connectivity index (χ4n) is 9.94. The average Bonchev–Trinajstić information content (AvgIpc) is 3.93. The van der Waals surface area contributed by atoms with Crippen LogP contribution in [0.2, 0.25) is 5.02 Å². The van der Waals surface area contributed by atoms with Crippen molar-refractivity contribution < 1.29 is 67.1 Å². The van der Waals surface area contributed by atoms with Crippen molar-refractivity contribution in [1.82, 2.24) is 20.9 Å². The molecular formula is C53H74ClN5O14. The van der Waals surface area contributed by atoms with Crippen LogP contribution in [0.15, 0.2) is 48.1 Å². The van der Waals surface area contributed by atoms with Crippen LogP contribution in [0.25, 0.3) is 0 Å². The van der Waals surface area contributed by atoms with Gasteiger partial charge in [0.05, 0.1) is 49.9 Å². The molecule has 4 heterocycles.